The van der Waals surface area contributed by atoms with E-state index < -0.39 is 10.2 Å². The maximum atomic E-state index is 11.5. The van der Waals surface area contributed by atoms with Gasteiger partial charge in [0, 0.05) is 6.54 Å². The van der Waals surface area contributed by atoms with Gasteiger partial charge in [0.1, 0.15) is 0 Å². The van der Waals surface area contributed by atoms with Gasteiger partial charge in [0.05, 0.1) is 17.1 Å². The lowest BCUT2D eigenvalue weighted by atomic mass is 10.3. The van der Waals surface area contributed by atoms with Crippen LogP contribution in [0.5, 0.6) is 0 Å². The van der Waals surface area contributed by atoms with Gasteiger partial charge in [-0.05, 0) is 20.3 Å². The summed E-state index contributed by atoms with van der Waals surface area (Å²) in [6.45, 7) is 5.82. The van der Waals surface area contributed by atoms with Gasteiger partial charge >= 0.3 is 0 Å². The fourth-order valence-corrected chi connectivity index (χ4v) is 2.22. The number of nitrogens with one attached hydrogen (secondary N) is 3. The van der Waals surface area contributed by atoms with Gasteiger partial charge < -0.3 is 0 Å². The van der Waals surface area contributed by atoms with Crippen LogP contribution in [0, 0.1) is 13.8 Å². The van der Waals surface area contributed by atoms with E-state index in [4.69, 9.17) is 0 Å². The van der Waals surface area contributed by atoms with Gasteiger partial charge in [0.2, 0.25) is 0 Å². The molecular formula is C8H16N4O2S. The first kappa shape index (κ1) is 12.0. The van der Waals surface area contributed by atoms with Crippen molar-refractivity contribution in [3.05, 3.63) is 11.4 Å². The fraction of sp³-hybridized carbons (Fsp3) is 0.625. The summed E-state index contributed by atoms with van der Waals surface area (Å²) >= 11 is 0. The summed E-state index contributed by atoms with van der Waals surface area (Å²) in [5.74, 6) is 0. The summed E-state index contributed by atoms with van der Waals surface area (Å²) < 4.78 is 27.9. The molecule has 0 radical (unpaired) electrons. The molecule has 15 heavy (non-hydrogen) atoms. The Hall–Kier alpha value is -1.08. The predicted molar refractivity (Wildman–Crippen MR) is 58.9 cm³/mol. The first-order chi connectivity index (χ1) is 6.96. The molecule has 0 fully saturated rings. The summed E-state index contributed by atoms with van der Waals surface area (Å²) in [6, 6.07) is 0. The second-order valence-corrected chi connectivity index (χ2v) is 4.81. The van der Waals surface area contributed by atoms with Crippen LogP contribution in [-0.2, 0) is 10.2 Å². The molecule has 0 aliphatic heterocycles. The van der Waals surface area contributed by atoms with Crippen LogP contribution in [0.3, 0.4) is 0 Å². The summed E-state index contributed by atoms with van der Waals surface area (Å²) in [7, 11) is -3.47. The van der Waals surface area contributed by atoms with E-state index in [1.165, 1.54) is 0 Å². The van der Waals surface area contributed by atoms with Crippen LogP contribution in [0.2, 0.25) is 0 Å². The fourth-order valence-electron chi connectivity index (χ4n) is 1.11. The monoisotopic (exact) mass is 232 g/mol. The van der Waals surface area contributed by atoms with Crippen molar-refractivity contribution in [1.82, 2.24) is 14.9 Å². The van der Waals surface area contributed by atoms with Crippen LogP contribution < -0.4 is 9.44 Å². The van der Waals surface area contributed by atoms with Crippen molar-refractivity contribution in [3.63, 3.8) is 0 Å². The summed E-state index contributed by atoms with van der Waals surface area (Å²) in [5.41, 5.74) is 1.85. The Morgan fingerprint density at radius 2 is 2.07 bits per heavy atom. The molecule has 1 aromatic heterocycles. The third kappa shape index (κ3) is 3.21. The molecule has 0 atom stereocenters. The molecule has 1 rings (SSSR count). The third-order valence-electron chi connectivity index (χ3n) is 1.91. The van der Waals surface area contributed by atoms with Gasteiger partial charge in [-0.3, -0.25) is 9.82 Å². The molecule has 0 unspecified atom stereocenters. The van der Waals surface area contributed by atoms with Crippen molar-refractivity contribution < 1.29 is 8.42 Å². The minimum atomic E-state index is -3.47. The number of H-pyrrole nitrogens is 1. The van der Waals surface area contributed by atoms with Gasteiger partial charge in [-0.15, -0.1) is 0 Å². The number of aromatic nitrogens is 2. The van der Waals surface area contributed by atoms with E-state index >= 15 is 0 Å². The van der Waals surface area contributed by atoms with Crippen molar-refractivity contribution in [1.29, 1.82) is 0 Å². The first-order valence-corrected chi connectivity index (χ1v) is 6.23. The van der Waals surface area contributed by atoms with E-state index in [0.29, 0.717) is 23.6 Å². The average Bonchev–Trinajstić information content (AvgIpc) is 2.46. The largest absolute Gasteiger partial charge is 0.299 e. The minimum absolute atomic E-state index is 0.422. The Morgan fingerprint density at radius 1 is 1.40 bits per heavy atom. The van der Waals surface area contributed by atoms with Crippen molar-refractivity contribution in [2.24, 2.45) is 0 Å². The van der Waals surface area contributed by atoms with E-state index in [9.17, 15) is 8.42 Å². The number of aryl methyl sites for hydroxylation is 2. The Kier molecular flexibility index (Phi) is 3.70. The predicted octanol–water partition coefficient (Wildman–Crippen LogP) is 0.683. The summed E-state index contributed by atoms with van der Waals surface area (Å²) in [5, 5.41) is 6.61. The van der Waals surface area contributed by atoms with E-state index in [0.717, 1.165) is 6.42 Å². The van der Waals surface area contributed by atoms with Gasteiger partial charge in [-0.2, -0.15) is 18.2 Å². The molecule has 0 amide bonds. The molecule has 86 valence electrons. The molecular weight excluding hydrogens is 216 g/mol. The van der Waals surface area contributed by atoms with Crippen molar-refractivity contribution >= 4 is 15.9 Å². The van der Waals surface area contributed by atoms with Crippen molar-refractivity contribution in [2.45, 2.75) is 27.2 Å². The Balaban J connectivity index is 2.77. The van der Waals surface area contributed by atoms with Gasteiger partial charge in [0.25, 0.3) is 10.2 Å². The maximum Gasteiger partial charge on any atom is 0.299 e. The zero-order valence-corrected chi connectivity index (χ0v) is 9.90. The number of rotatable bonds is 5. The number of nitrogens with zero attached hydrogens (tertiary/aromatic N) is 1. The van der Waals surface area contributed by atoms with E-state index in [1.54, 1.807) is 13.8 Å². The lowest BCUT2D eigenvalue weighted by Gasteiger charge is -2.08. The summed E-state index contributed by atoms with van der Waals surface area (Å²) in [4.78, 5) is 0. The quantitative estimate of drug-likeness (QED) is 0.697. The molecule has 0 saturated carbocycles. The first-order valence-electron chi connectivity index (χ1n) is 4.75. The van der Waals surface area contributed by atoms with Crippen LogP contribution >= 0.6 is 0 Å². The smallest absolute Gasteiger partial charge is 0.280 e. The minimum Gasteiger partial charge on any atom is -0.280 e. The molecule has 0 aromatic carbocycles. The average molecular weight is 232 g/mol. The highest BCUT2D eigenvalue weighted by molar-refractivity contribution is 7.90. The number of aromatic amines is 1. The lowest BCUT2D eigenvalue weighted by molar-refractivity contribution is 0.586. The van der Waals surface area contributed by atoms with Gasteiger partial charge in [-0.1, -0.05) is 6.92 Å². The number of hydrogen-bond donors (Lipinski definition) is 3. The third-order valence-corrected chi connectivity index (χ3v) is 2.96. The van der Waals surface area contributed by atoms with Gasteiger partial charge in [0.15, 0.2) is 0 Å². The zero-order valence-electron chi connectivity index (χ0n) is 9.09. The van der Waals surface area contributed by atoms with Crippen LogP contribution in [0.1, 0.15) is 24.7 Å². The standard InChI is InChI=1S/C8H16N4O2S/c1-4-5-9-15(13,14)12-8-6(2)10-11-7(8)3/h9,12H,4-5H2,1-3H3,(H,10,11). The van der Waals surface area contributed by atoms with E-state index in [-0.39, 0.29) is 0 Å². The number of anilines is 1. The molecule has 0 aliphatic rings. The molecule has 0 aliphatic carbocycles. The van der Waals surface area contributed by atoms with Crippen LogP contribution in [0.15, 0.2) is 0 Å². The second-order valence-electron chi connectivity index (χ2n) is 3.31. The lowest BCUT2D eigenvalue weighted by Crippen LogP contribution is -2.31. The molecule has 0 spiro atoms. The topological polar surface area (TPSA) is 86.9 Å². The highest BCUT2D eigenvalue weighted by Crippen LogP contribution is 2.16. The molecule has 0 bridgehead atoms. The van der Waals surface area contributed by atoms with Gasteiger partial charge in [-0.25, -0.2) is 0 Å². The Morgan fingerprint density at radius 3 is 2.53 bits per heavy atom. The molecule has 7 heteroatoms. The Bertz CT molecular complexity index is 404. The van der Waals surface area contributed by atoms with Crippen molar-refractivity contribution in [3.8, 4) is 0 Å². The van der Waals surface area contributed by atoms with Crippen LogP contribution in [0.25, 0.3) is 0 Å². The van der Waals surface area contributed by atoms with E-state index in [1.807, 2.05) is 6.92 Å². The Labute approximate surface area is 89.6 Å². The zero-order chi connectivity index (χ0) is 11.5. The highest BCUT2D eigenvalue weighted by Gasteiger charge is 2.13. The van der Waals surface area contributed by atoms with Crippen LogP contribution in [-0.4, -0.2) is 25.2 Å². The van der Waals surface area contributed by atoms with Crippen molar-refractivity contribution in [2.75, 3.05) is 11.3 Å². The maximum absolute atomic E-state index is 11.5. The molecule has 1 aromatic rings. The SMILES string of the molecule is CCCNS(=O)(=O)Nc1c(C)n[nH]c1C. The second kappa shape index (κ2) is 4.63. The molecule has 0 saturated heterocycles. The molecule has 3 N–H and O–H groups in total. The summed E-state index contributed by atoms with van der Waals surface area (Å²) in [6.07, 6.45) is 0.754. The van der Waals surface area contributed by atoms with E-state index in [2.05, 4.69) is 19.6 Å². The molecule has 1 heterocycles. The van der Waals surface area contributed by atoms with Crippen LogP contribution in [0.4, 0.5) is 5.69 Å². The highest BCUT2D eigenvalue weighted by atomic mass is 32.2. The normalized spacial score (nSPS) is 11.7. The molecule has 6 nitrogen and oxygen atoms in total. The number of hydrogen-bond acceptors (Lipinski definition) is 3.